The van der Waals surface area contributed by atoms with Crippen LogP contribution in [0.15, 0.2) is 30.5 Å². The van der Waals surface area contributed by atoms with Crippen LogP contribution in [-0.2, 0) is 6.54 Å². The largest absolute Gasteiger partial charge is 0.495 e. The summed E-state index contributed by atoms with van der Waals surface area (Å²) >= 11 is 0. The van der Waals surface area contributed by atoms with Crippen molar-refractivity contribution in [2.45, 2.75) is 13.5 Å². The zero-order valence-electron chi connectivity index (χ0n) is 9.45. The number of anilines is 1. The smallest absolute Gasteiger partial charge is 0.141 e. The molecular formula is C12H15N3O. The second-order valence-corrected chi connectivity index (χ2v) is 3.64. The zero-order valence-corrected chi connectivity index (χ0v) is 9.45. The molecule has 1 aromatic carbocycles. The number of hydrogen-bond donors (Lipinski definition) is 2. The number of aromatic nitrogens is 2. The molecule has 2 N–H and O–H groups in total. The highest BCUT2D eigenvalue weighted by molar-refractivity contribution is 5.57. The Morgan fingerprint density at radius 2 is 2.25 bits per heavy atom. The van der Waals surface area contributed by atoms with Crippen LogP contribution < -0.4 is 10.1 Å². The molecule has 0 fully saturated rings. The van der Waals surface area contributed by atoms with Crippen LogP contribution in [-0.4, -0.2) is 17.3 Å². The maximum absolute atomic E-state index is 5.28. The average Bonchev–Trinajstić information content (AvgIpc) is 2.79. The average molecular weight is 217 g/mol. The first kappa shape index (κ1) is 10.5. The Bertz CT molecular complexity index is 451. The summed E-state index contributed by atoms with van der Waals surface area (Å²) in [5.74, 6) is 0.852. The third kappa shape index (κ3) is 2.34. The second-order valence-electron chi connectivity index (χ2n) is 3.64. The van der Waals surface area contributed by atoms with E-state index in [4.69, 9.17) is 4.74 Å². The van der Waals surface area contributed by atoms with Gasteiger partial charge in [0.05, 0.1) is 25.0 Å². The van der Waals surface area contributed by atoms with Gasteiger partial charge in [-0.25, -0.2) is 0 Å². The van der Waals surface area contributed by atoms with Crippen LogP contribution in [0.1, 0.15) is 11.3 Å². The minimum absolute atomic E-state index is 0.708. The van der Waals surface area contributed by atoms with E-state index in [9.17, 15) is 0 Å². The molecule has 1 heterocycles. The van der Waals surface area contributed by atoms with Crippen molar-refractivity contribution in [2.75, 3.05) is 12.4 Å². The predicted molar refractivity (Wildman–Crippen MR) is 63.6 cm³/mol. The quantitative estimate of drug-likeness (QED) is 0.826. The maximum Gasteiger partial charge on any atom is 0.141 e. The summed E-state index contributed by atoms with van der Waals surface area (Å²) in [6.45, 7) is 2.76. The molecule has 0 spiro atoms. The van der Waals surface area contributed by atoms with Gasteiger partial charge in [0.1, 0.15) is 5.75 Å². The van der Waals surface area contributed by atoms with Crippen LogP contribution in [0.25, 0.3) is 0 Å². The van der Waals surface area contributed by atoms with Gasteiger partial charge in [0.25, 0.3) is 0 Å². The van der Waals surface area contributed by atoms with Crippen LogP contribution in [0, 0.1) is 6.92 Å². The number of methoxy groups -OCH3 is 1. The van der Waals surface area contributed by atoms with Crippen molar-refractivity contribution in [1.29, 1.82) is 0 Å². The monoisotopic (exact) mass is 217 g/mol. The Labute approximate surface area is 94.6 Å². The number of nitrogens with zero attached hydrogens (tertiary/aromatic N) is 1. The Morgan fingerprint density at radius 1 is 1.38 bits per heavy atom. The van der Waals surface area contributed by atoms with Crippen molar-refractivity contribution >= 4 is 5.69 Å². The van der Waals surface area contributed by atoms with Crippen molar-refractivity contribution in [3.8, 4) is 5.75 Å². The van der Waals surface area contributed by atoms with Gasteiger partial charge in [-0.15, -0.1) is 0 Å². The molecule has 0 saturated heterocycles. The SMILES string of the molecule is COc1ccc(C)cc1NCc1ccn[nH]1. The number of aryl methyl sites for hydroxylation is 1. The van der Waals surface area contributed by atoms with Crippen LogP contribution in [0.2, 0.25) is 0 Å². The van der Waals surface area contributed by atoms with Gasteiger partial charge in [-0.3, -0.25) is 5.10 Å². The fourth-order valence-electron chi connectivity index (χ4n) is 1.53. The van der Waals surface area contributed by atoms with Crippen molar-refractivity contribution in [2.24, 2.45) is 0 Å². The lowest BCUT2D eigenvalue weighted by molar-refractivity contribution is 0.416. The molecule has 2 rings (SSSR count). The van der Waals surface area contributed by atoms with Gasteiger partial charge in [0.15, 0.2) is 0 Å². The number of benzene rings is 1. The molecule has 0 saturated carbocycles. The number of ether oxygens (including phenoxy) is 1. The highest BCUT2D eigenvalue weighted by Crippen LogP contribution is 2.25. The molecule has 16 heavy (non-hydrogen) atoms. The third-order valence-electron chi connectivity index (χ3n) is 2.38. The highest BCUT2D eigenvalue weighted by Gasteiger charge is 2.02. The predicted octanol–water partition coefficient (Wildman–Crippen LogP) is 2.34. The van der Waals surface area contributed by atoms with Gasteiger partial charge in [0, 0.05) is 6.20 Å². The van der Waals surface area contributed by atoms with Gasteiger partial charge in [-0.1, -0.05) is 6.07 Å². The number of H-pyrrole nitrogens is 1. The number of aromatic amines is 1. The van der Waals surface area contributed by atoms with Crippen molar-refractivity contribution in [3.05, 3.63) is 41.7 Å². The van der Waals surface area contributed by atoms with Crippen molar-refractivity contribution in [3.63, 3.8) is 0 Å². The summed E-state index contributed by atoms with van der Waals surface area (Å²) in [6.07, 6.45) is 1.74. The van der Waals surface area contributed by atoms with Gasteiger partial charge in [-0.05, 0) is 30.7 Å². The second kappa shape index (κ2) is 4.70. The van der Waals surface area contributed by atoms with Crippen molar-refractivity contribution in [1.82, 2.24) is 10.2 Å². The van der Waals surface area contributed by atoms with Crippen LogP contribution in [0.3, 0.4) is 0 Å². The highest BCUT2D eigenvalue weighted by atomic mass is 16.5. The lowest BCUT2D eigenvalue weighted by Gasteiger charge is -2.11. The normalized spacial score (nSPS) is 10.1. The van der Waals surface area contributed by atoms with Crippen LogP contribution in [0.5, 0.6) is 5.75 Å². The third-order valence-corrected chi connectivity index (χ3v) is 2.38. The van der Waals surface area contributed by atoms with Crippen LogP contribution in [0.4, 0.5) is 5.69 Å². The van der Waals surface area contributed by atoms with Crippen LogP contribution >= 0.6 is 0 Å². The lowest BCUT2D eigenvalue weighted by Crippen LogP contribution is -2.02. The van der Waals surface area contributed by atoms with E-state index in [2.05, 4.69) is 28.5 Å². The lowest BCUT2D eigenvalue weighted by atomic mass is 10.2. The summed E-state index contributed by atoms with van der Waals surface area (Å²) in [7, 11) is 1.67. The molecule has 0 aliphatic carbocycles. The maximum atomic E-state index is 5.28. The molecule has 2 aromatic rings. The van der Waals surface area contributed by atoms with E-state index in [0.29, 0.717) is 6.54 Å². The van der Waals surface area contributed by atoms with E-state index in [1.165, 1.54) is 5.56 Å². The minimum atomic E-state index is 0.708. The van der Waals surface area contributed by atoms with Gasteiger partial charge < -0.3 is 10.1 Å². The summed E-state index contributed by atoms with van der Waals surface area (Å²) in [5.41, 5.74) is 3.24. The standard InChI is InChI=1S/C12H15N3O/c1-9-3-4-12(16-2)11(7-9)13-8-10-5-6-14-15-10/h3-7,13H,8H2,1-2H3,(H,14,15). The zero-order chi connectivity index (χ0) is 11.4. The molecule has 0 atom stereocenters. The van der Waals surface area contributed by atoms with Gasteiger partial charge >= 0.3 is 0 Å². The molecular weight excluding hydrogens is 202 g/mol. The topological polar surface area (TPSA) is 49.9 Å². The first-order valence-corrected chi connectivity index (χ1v) is 5.16. The molecule has 0 unspecified atom stereocenters. The van der Waals surface area contributed by atoms with E-state index in [-0.39, 0.29) is 0 Å². The molecule has 84 valence electrons. The molecule has 0 aliphatic rings. The minimum Gasteiger partial charge on any atom is -0.495 e. The first-order valence-electron chi connectivity index (χ1n) is 5.16. The summed E-state index contributed by atoms with van der Waals surface area (Å²) in [4.78, 5) is 0. The molecule has 0 aliphatic heterocycles. The fraction of sp³-hybridized carbons (Fsp3) is 0.250. The van der Waals surface area contributed by atoms with E-state index in [0.717, 1.165) is 17.1 Å². The summed E-state index contributed by atoms with van der Waals surface area (Å²) in [5, 5.41) is 10.1. The van der Waals surface area contributed by atoms with Crippen molar-refractivity contribution < 1.29 is 4.74 Å². The Hall–Kier alpha value is -1.97. The molecule has 4 heteroatoms. The van der Waals surface area contributed by atoms with E-state index in [1.54, 1.807) is 13.3 Å². The molecule has 1 aromatic heterocycles. The number of rotatable bonds is 4. The fourth-order valence-corrected chi connectivity index (χ4v) is 1.53. The summed E-state index contributed by atoms with van der Waals surface area (Å²) < 4.78 is 5.28. The molecule has 4 nitrogen and oxygen atoms in total. The molecule has 0 amide bonds. The van der Waals surface area contributed by atoms with Gasteiger partial charge in [0.2, 0.25) is 0 Å². The van der Waals surface area contributed by atoms with E-state index < -0.39 is 0 Å². The number of nitrogens with one attached hydrogen (secondary N) is 2. The Kier molecular flexibility index (Phi) is 3.10. The number of hydrogen-bond acceptors (Lipinski definition) is 3. The molecule has 0 radical (unpaired) electrons. The first-order chi connectivity index (χ1) is 7.79. The molecule has 0 bridgehead atoms. The Balaban J connectivity index is 2.11. The summed E-state index contributed by atoms with van der Waals surface area (Å²) in [6, 6.07) is 8.00. The van der Waals surface area contributed by atoms with Gasteiger partial charge in [-0.2, -0.15) is 5.10 Å². The Morgan fingerprint density at radius 3 is 2.94 bits per heavy atom. The van der Waals surface area contributed by atoms with E-state index >= 15 is 0 Å². The van der Waals surface area contributed by atoms with E-state index in [1.807, 2.05) is 18.2 Å².